The molecule has 1 fully saturated rings. The van der Waals surface area contributed by atoms with Gasteiger partial charge in [0.2, 0.25) is 11.0 Å². The van der Waals surface area contributed by atoms with E-state index in [1.54, 1.807) is 72.8 Å². The number of thiocarbonyl (C=S) groups is 1. The van der Waals surface area contributed by atoms with Gasteiger partial charge in [-0.2, -0.15) is 0 Å². The lowest BCUT2D eigenvalue weighted by molar-refractivity contribution is -0.124. The third kappa shape index (κ3) is 5.42. The highest BCUT2D eigenvalue weighted by Crippen LogP contribution is 2.26. The van der Waals surface area contributed by atoms with Crippen molar-refractivity contribution in [2.24, 2.45) is 0 Å². The van der Waals surface area contributed by atoms with Crippen LogP contribution in [0.15, 0.2) is 78.9 Å². The normalized spacial score (nSPS) is 15.2. The van der Waals surface area contributed by atoms with E-state index in [1.165, 1.54) is 17.0 Å². The number of nitrogens with zero attached hydrogens (tertiary/aromatic N) is 2. The Labute approximate surface area is 212 Å². The zero-order chi connectivity index (χ0) is 24.9. The highest BCUT2D eigenvalue weighted by Gasteiger charge is 2.45. The van der Waals surface area contributed by atoms with Gasteiger partial charge in [0, 0.05) is 16.3 Å². The standard InChI is InChI=1S/C25H21ClN4O4S/c1-34-20-9-5-6-16(14-20)23(32)28-30-21(15-22(31)27-18-12-10-17(26)11-13-18)24(33)29(25(30)35)19-7-3-2-4-8-19/h2-14,21H,15H2,1H3,(H,27,31)(H,28,32). The van der Waals surface area contributed by atoms with Crippen LogP contribution < -0.4 is 20.4 Å². The van der Waals surface area contributed by atoms with Crippen LogP contribution >= 0.6 is 23.8 Å². The molecule has 0 bridgehead atoms. The van der Waals surface area contributed by atoms with Gasteiger partial charge in [0.1, 0.15) is 11.8 Å². The second kappa shape index (κ2) is 10.5. The lowest BCUT2D eigenvalue weighted by atomic mass is 10.1. The molecule has 0 spiro atoms. The number of methoxy groups -OCH3 is 1. The first-order valence-corrected chi connectivity index (χ1v) is 11.4. The summed E-state index contributed by atoms with van der Waals surface area (Å²) in [6.45, 7) is 0. The summed E-state index contributed by atoms with van der Waals surface area (Å²) in [6, 6.07) is 20.9. The molecule has 1 unspecified atom stereocenters. The third-order valence-corrected chi connectivity index (χ3v) is 5.92. The molecule has 0 aliphatic carbocycles. The average molecular weight is 509 g/mol. The molecule has 35 heavy (non-hydrogen) atoms. The number of nitrogens with one attached hydrogen (secondary N) is 2. The summed E-state index contributed by atoms with van der Waals surface area (Å²) in [6.07, 6.45) is -0.247. The number of anilines is 2. The van der Waals surface area contributed by atoms with Crippen molar-refractivity contribution in [3.8, 4) is 5.75 Å². The highest BCUT2D eigenvalue weighted by molar-refractivity contribution is 7.80. The number of halogens is 1. The fourth-order valence-corrected chi connectivity index (χ4v) is 4.07. The van der Waals surface area contributed by atoms with Gasteiger partial charge in [-0.05, 0) is 66.8 Å². The van der Waals surface area contributed by atoms with E-state index in [0.717, 1.165) is 0 Å². The van der Waals surface area contributed by atoms with Gasteiger partial charge in [-0.15, -0.1) is 0 Å². The molecule has 4 rings (SSSR count). The number of amides is 3. The van der Waals surface area contributed by atoms with Crippen LogP contribution in [0.4, 0.5) is 11.4 Å². The first-order chi connectivity index (χ1) is 16.9. The van der Waals surface area contributed by atoms with Gasteiger partial charge in [0.25, 0.3) is 11.8 Å². The molecule has 10 heteroatoms. The fourth-order valence-electron chi connectivity index (χ4n) is 3.57. The Morgan fingerprint density at radius 3 is 2.43 bits per heavy atom. The Morgan fingerprint density at radius 1 is 1.03 bits per heavy atom. The minimum Gasteiger partial charge on any atom is -0.497 e. The molecule has 8 nitrogen and oxygen atoms in total. The number of rotatable bonds is 7. The zero-order valence-corrected chi connectivity index (χ0v) is 20.2. The monoisotopic (exact) mass is 508 g/mol. The quantitative estimate of drug-likeness (QED) is 0.468. The molecule has 0 aromatic heterocycles. The van der Waals surface area contributed by atoms with E-state index in [0.29, 0.717) is 27.7 Å². The number of hydrazine groups is 1. The molecule has 178 valence electrons. The number of ether oxygens (including phenoxy) is 1. The van der Waals surface area contributed by atoms with E-state index in [2.05, 4.69) is 10.7 Å². The van der Waals surface area contributed by atoms with E-state index in [4.69, 9.17) is 28.6 Å². The van der Waals surface area contributed by atoms with Crippen LogP contribution in [0.5, 0.6) is 5.75 Å². The van der Waals surface area contributed by atoms with Crippen molar-refractivity contribution < 1.29 is 19.1 Å². The van der Waals surface area contributed by atoms with E-state index in [1.807, 2.05) is 6.07 Å². The maximum absolute atomic E-state index is 13.4. The fraction of sp³-hybridized carbons (Fsp3) is 0.120. The lowest BCUT2D eigenvalue weighted by Crippen LogP contribution is -2.49. The molecule has 1 atom stereocenters. The number of hydrogen-bond donors (Lipinski definition) is 2. The first kappa shape index (κ1) is 24.2. The molecule has 1 heterocycles. The molecular formula is C25H21ClN4O4S. The van der Waals surface area contributed by atoms with Crippen LogP contribution in [0.25, 0.3) is 0 Å². The molecule has 0 radical (unpaired) electrons. The Balaban J connectivity index is 1.59. The van der Waals surface area contributed by atoms with Crippen molar-refractivity contribution in [1.29, 1.82) is 0 Å². The Kier molecular flexibility index (Phi) is 7.28. The maximum Gasteiger partial charge on any atom is 0.270 e. The summed E-state index contributed by atoms with van der Waals surface area (Å²) < 4.78 is 5.18. The summed E-state index contributed by atoms with van der Waals surface area (Å²) in [5, 5.41) is 4.59. The molecule has 3 aromatic rings. The van der Waals surface area contributed by atoms with Crippen LogP contribution in [-0.4, -0.2) is 41.0 Å². The van der Waals surface area contributed by atoms with Crippen molar-refractivity contribution in [2.45, 2.75) is 12.5 Å². The Bertz CT molecular complexity index is 1270. The van der Waals surface area contributed by atoms with Crippen LogP contribution in [0.2, 0.25) is 5.02 Å². The molecule has 0 saturated carbocycles. The van der Waals surface area contributed by atoms with Crippen molar-refractivity contribution in [1.82, 2.24) is 10.4 Å². The van der Waals surface area contributed by atoms with Gasteiger partial charge in [0.15, 0.2) is 0 Å². The molecule has 1 aliphatic heterocycles. The number of carbonyl (C=O) groups is 3. The predicted molar refractivity (Wildman–Crippen MR) is 137 cm³/mol. The van der Waals surface area contributed by atoms with Crippen LogP contribution in [0.1, 0.15) is 16.8 Å². The largest absolute Gasteiger partial charge is 0.497 e. The summed E-state index contributed by atoms with van der Waals surface area (Å²) in [7, 11) is 1.50. The van der Waals surface area contributed by atoms with Crippen molar-refractivity contribution >= 4 is 58.0 Å². The SMILES string of the molecule is COc1cccc(C(=O)NN2C(=S)N(c3ccccc3)C(=O)C2CC(=O)Nc2ccc(Cl)cc2)c1. The summed E-state index contributed by atoms with van der Waals surface area (Å²) in [5.41, 5.74) is 4.06. The van der Waals surface area contributed by atoms with E-state index >= 15 is 0 Å². The molecular weight excluding hydrogens is 488 g/mol. The lowest BCUT2D eigenvalue weighted by Gasteiger charge is -2.24. The van der Waals surface area contributed by atoms with Crippen LogP contribution in [-0.2, 0) is 9.59 Å². The summed E-state index contributed by atoms with van der Waals surface area (Å²) in [5.74, 6) is -0.859. The second-order valence-electron chi connectivity index (χ2n) is 7.61. The van der Waals surface area contributed by atoms with Gasteiger partial charge >= 0.3 is 0 Å². The predicted octanol–water partition coefficient (Wildman–Crippen LogP) is 4.02. The van der Waals surface area contributed by atoms with E-state index in [-0.39, 0.29) is 11.5 Å². The maximum atomic E-state index is 13.4. The van der Waals surface area contributed by atoms with Crippen molar-refractivity contribution in [3.63, 3.8) is 0 Å². The highest BCUT2D eigenvalue weighted by atomic mass is 35.5. The molecule has 1 saturated heterocycles. The Hall–Kier alpha value is -3.95. The van der Waals surface area contributed by atoms with Gasteiger partial charge in [0.05, 0.1) is 19.2 Å². The smallest absolute Gasteiger partial charge is 0.270 e. The van der Waals surface area contributed by atoms with Crippen LogP contribution in [0, 0.1) is 0 Å². The molecule has 1 aliphatic rings. The minimum atomic E-state index is -1.05. The number of hydrogen-bond acceptors (Lipinski definition) is 5. The molecule has 3 amide bonds. The number of benzene rings is 3. The van der Waals surface area contributed by atoms with Gasteiger partial charge in [-0.3, -0.25) is 24.7 Å². The molecule has 2 N–H and O–H groups in total. The summed E-state index contributed by atoms with van der Waals surface area (Å²) >= 11 is 11.5. The summed E-state index contributed by atoms with van der Waals surface area (Å²) in [4.78, 5) is 40.5. The number of carbonyl (C=O) groups excluding carboxylic acids is 3. The van der Waals surface area contributed by atoms with E-state index < -0.39 is 23.8 Å². The van der Waals surface area contributed by atoms with Crippen molar-refractivity contribution in [3.05, 3.63) is 89.4 Å². The Morgan fingerprint density at radius 2 is 1.74 bits per heavy atom. The third-order valence-electron chi connectivity index (χ3n) is 5.29. The molecule has 3 aromatic carbocycles. The first-order valence-electron chi connectivity index (χ1n) is 10.6. The van der Waals surface area contributed by atoms with E-state index in [9.17, 15) is 14.4 Å². The van der Waals surface area contributed by atoms with Gasteiger partial charge < -0.3 is 10.1 Å². The minimum absolute atomic E-state index is 0.0572. The topological polar surface area (TPSA) is 91.0 Å². The van der Waals surface area contributed by atoms with Gasteiger partial charge in [-0.25, -0.2) is 5.01 Å². The second-order valence-corrected chi connectivity index (χ2v) is 8.41. The van der Waals surface area contributed by atoms with Gasteiger partial charge in [-0.1, -0.05) is 35.9 Å². The van der Waals surface area contributed by atoms with Crippen molar-refractivity contribution in [2.75, 3.05) is 17.3 Å². The average Bonchev–Trinajstić information content (AvgIpc) is 3.09. The number of para-hydroxylation sites is 1. The zero-order valence-electron chi connectivity index (χ0n) is 18.6. The van der Waals surface area contributed by atoms with Crippen LogP contribution in [0.3, 0.4) is 0 Å².